The summed E-state index contributed by atoms with van der Waals surface area (Å²) in [6.07, 6.45) is 2.17. The zero-order valence-electron chi connectivity index (χ0n) is 18.2. The average molecular weight is 417 g/mol. The molecule has 0 aromatic heterocycles. The first-order valence-corrected chi connectivity index (χ1v) is 11.7. The molecule has 0 fully saturated rings. The van der Waals surface area contributed by atoms with E-state index < -0.39 is 21.6 Å². The highest BCUT2D eigenvalue weighted by Crippen LogP contribution is 2.25. The third-order valence-electron chi connectivity index (χ3n) is 5.03. The molecule has 0 spiro atoms. The lowest BCUT2D eigenvalue weighted by Gasteiger charge is -2.34. The standard InChI is InChI=1S/C23H32N2O3S/c1-7-21(22(26)24-23(4,5)16-19-11-9-8-10-12-19)25(29(6,27)28)20-14-13-17(2)18(3)15-20/h8-15,21H,7,16H2,1-6H3,(H,24,26)/t21-/m0/s1. The van der Waals surface area contributed by atoms with Crippen LogP contribution in [0.1, 0.15) is 43.9 Å². The zero-order valence-corrected chi connectivity index (χ0v) is 19.0. The van der Waals surface area contributed by atoms with Gasteiger partial charge in [-0.05, 0) is 69.4 Å². The van der Waals surface area contributed by atoms with Crippen LogP contribution in [0.15, 0.2) is 48.5 Å². The van der Waals surface area contributed by atoms with Crippen LogP contribution in [0.2, 0.25) is 0 Å². The van der Waals surface area contributed by atoms with Gasteiger partial charge in [0.15, 0.2) is 0 Å². The monoisotopic (exact) mass is 416 g/mol. The van der Waals surface area contributed by atoms with Crippen LogP contribution < -0.4 is 9.62 Å². The van der Waals surface area contributed by atoms with E-state index in [1.54, 1.807) is 6.07 Å². The number of nitrogens with one attached hydrogen (secondary N) is 1. The van der Waals surface area contributed by atoms with Crippen molar-refractivity contribution in [1.82, 2.24) is 5.32 Å². The maximum Gasteiger partial charge on any atom is 0.244 e. The molecule has 2 aromatic carbocycles. The molecule has 2 rings (SSSR count). The Kier molecular flexibility index (Phi) is 7.11. The van der Waals surface area contributed by atoms with Crippen molar-refractivity contribution in [2.24, 2.45) is 0 Å². The van der Waals surface area contributed by atoms with Gasteiger partial charge in [0.05, 0.1) is 11.9 Å². The fraction of sp³-hybridized carbons (Fsp3) is 0.435. The first-order chi connectivity index (χ1) is 13.4. The molecule has 0 saturated carbocycles. The van der Waals surface area contributed by atoms with Gasteiger partial charge in [0.1, 0.15) is 6.04 Å². The van der Waals surface area contributed by atoms with E-state index in [-0.39, 0.29) is 5.91 Å². The van der Waals surface area contributed by atoms with Crippen molar-refractivity contribution in [3.8, 4) is 0 Å². The molecule has 0 bridgehead atoms. The van der Waals surface area contributed by atoms with Crippen LogP contribution in [0.4, 0.5) is 5.69 Å². The first kappa shape index (κ1) is 22.9. The highest BCUT2D eigenvalue weighted by Gasteiger charge is 2.34. The number of hydrogen-bond acceptors (Lipinski definition) is 3. The maximum atomic E-state index is 13.2. The number of aryl methyl sites for hydroxylation is 2. The second-order valence-corrected chi connectivity index (χ2v) is 10.1. The molecule has 0 radical (unpaired) electrons. The fourth-order valence-electron chi connectivity index (χ4n) is 3.49. The summed E-state index contributed by atoms with van der Waals surface area (Å²) in [6.45, 7) is 9.63. The van der Waals surface area contributed by atoms with Crippen molar-refractivity contribution in [2.75, 3.05) is 10.6 Å². The molecule has 1 amide bonds. The molecule has 29 heavy (non-hydrogen) atoms. The van der Waals surface area contributed by atoms with Crippen LogP contribution in [-0.2, 0) is 21.2 Å². The third-order valence-corrected chi connectivity index (χ3v) is 6.21. The normalized spacial score (nSPS) is 13.0. The lowest BCUT2D eigenvalue weighted by atomic mass is 9.94. The smallest absolute Gasteiger partial charge is 0.244 e. The number of rotatable bonds is 8. The molecule has 2 aromatic rings. The second kappa shape index (κ2) is 8.99. The van der Waals surface area contributed by atoms with E-state index in [4.69, 9.17) is 0 Å². The van der Waals surface area contributed by atoms with Gasteiger partial charge in [-0.3, -0.25) is 9.10 Å². The minimum Gasteiger partial charge on any atom is -0.349 e. The van der Waals surface area contributed by atoms with Gasteiger partial charge < -0.3 is 5.32 Å². The maximum absolute atomic E-state index is 13.2. The lowest BCUT2D eigenvalue weighted by Crippen LogP contribution is -2.55. The largest absolute Gasteiger partial charge is 0.349 e. The topological polar surface area (TPSA) is 66.5 Å². The summed E-state index contributed by atoms with van der Waals surface area (Å²) in [5.74, 6) is -0.294. The van der Waals surface area contributed by atoms with Crippen molar-refractivity contribution < 1.29 is 13.2 Å². The number of sulfonamides is 1. The summed E-state index contributed by atoms with van der Waals surface area (Å²) in [7, 11) is -3.65. The Morgan fingerprint density at radius 2 is 1.69 bits per heavy atom. The van der Waals surface area contributed by atoms with Gasteiger partial charge in [-0.25, -0.2) is 8.42 Å². The van der Waals surface area contributed by atoms with Crippen LogP contribution in [-0.4, -0.2) is 32.2 Å². The molecule has 0 unspecified atom stereocenters. The Labute approximate surface area is 175 Å². The van der Waals surface area contributed by atoms with Crippen LogP contribution in [0.5, 0.6) is 0 Å². The molecular weight excluding hydrogens is 384 g/mol. The van der Waals surface area contributed by atoms with Crippen molar-refractivity contribution in [3.05, 3.63) is 65.2 Å². The van der Waals surface area contributed by atoms with E-state index in [1.807, 2.05) is 77.1 Å². The number of hydrogen-bond donors (Lipinski definition) is 1. The molecule has 0 aliphatic rings. The van der Waals surface area contributed by atoms with Gasteiger partial charge in [0.2, 0.25) is 15.9 Å². The molecule has 5 nitrogen and oxygen atoms in total. The SMILES string of the molecule is CC[C@@H](C(=O)NC(C)(C)Cc1ccccc1)N(c1ccc(C)c(C)c1)S(C)(=O)=O. The highest BCUT2D eigenvalue weighted by molar-refractivity contribution is 7.92. The van der Waals surface area contributed by atoms with Crippen LogP contribution in [0.25, 0.3) is 0 Å². The molecule has 1 N–H and O–H groups in total. The minimum atomic E-state index is -3.65. The van der Waals surface area contributed by atoms with Crippen LogP contribution >= 0.6 is 0 Å². The number of nitrogens with zero attached hydrogens (tertiary/aromatic N) is 1. The number of benzene rings is 2. The van der Waals surface area contributed by atoms with Crippen molar-refractivity contribution in [3.63, 3.8) is 0 Å². The van der Waals surface area contributed by atoms with Crippen molar-refractivity contribution in [1.29, 1.82) is 0 Å². The summed E-state index contributed by atoms with van der Waals surface area (Å²) < 4.78 is 26.5. The van der Waals surface area contributed by atoms with Crippen molar-refractivity contribution in [2.45, 2.75) is 59.0 Å². The van der Waals surface area contributed by atoms with E-state index in [1.165, 1.54) is 4.31 Å². The molecule has 6 heteroatoms. The van der Waals surface area contributed by atoms with Crippen LogP contribution in [0.3, 0.4) is 0 Å². The predicted octanol–water partition coefficient (Wildman–Crippen LogP) is 3.99. The quantitative estimate of drug-likeness (QED) is 0.708. The van der Waals surface area contributed by atoms with E-state index >= 15 is 0 Å². The Hall–Kier alpha value is -2.34. The molecule has 0 heterocycles. The Bertz CT molecular complexity index is 953. The number of carbonyl (C=O) groups excluding carboxylic acids is 1. The van der Waals surface area contributed by atoms with Gasteiger partial charge in [-0.2, -0.15) is 0 Å². The summed E-state index contributed by atoms with van der Waals surface area (Å²) in [5, 5.41) is 3.06. The molecule has 1 atom stereocenters. The lowest BCUT2D eigenvalue weighted by molar-refractivity contribution is -0.123. The number of carbonyl (C=O) groups is 1. The summed E-state index contributed by atoms with van der Waals surface area (Å²) >= 11 is 0. The van der Waals surface area contributed by atoms with E-state index in [0.717, 1.165) is 22.9 Å². The number of amides is 1. The first-order valence-electron chi connectivity index (χ1n) is 9.87. The molecule has 0 saturated heterocycles. The summed E-state index contributed by atoms with van der Waals surface area (Å²) in [5.41, 5.74) is 3.16. The van der Waals surface area contributed by atoms with Crippen LogP contribution in [0, 0.1) is 13.8 Å². The second-order valence-electron chi connectivity index (χ2n) is 8.29. The summed E-state index contributed by atoms with van der Waals surface area (Å²) in [4.78, 5) is 13.2. The predicted molar refractivity (Wildman–Crippen MR) is 120 cm³/mol. The van der Waals surface area contributed by atoms with E-state index in [9.17, 15) is 13.2 Å². The Balaban J connectivity index is 2.31. The zero-order chi connectivity index (χ0) is 21.8. The molecule has 0 aliphatic heterocycles. The Morgan fingerprint density at radius 3 is 2.21 bits per heavy atom. The van der Waals surface area contributed by atoms with E-state index in [0.29, 0.717) is 18.5 Å². The Morgan fingerprint density at radius 1 is 1.07 bits per heavy atom. The minimum absolute atomic E-state index is 0.294. The van der Waals surface area contributed by atoms with Gasteiger partial charge in [-0.1, -0.05) is 43.3 Å². The molecular formula is C23H32N2O3S. The molecule has 158 valence electrons. The van der Waals surface area contributed by atoms with E-state index in [2.05, 4.69) is 5.32 Å². The average Bonchev–Trinajstić information content (AvgIpc) is 2.61. The van der Waals surface area contributed by atoms with Gasteiger partial charge in [0.25, 0.3) is 0 Å². The highest BCUT2D eigenvalue weighted by atomic mass is 32.2. The fourth-order valence-corrected chi connectivity index (χ4v) is 4.69. The third kappa shape index (κ3) is 6.07. The van der Waals surface area contributed by atoms with Gasteiger partial charge >= 0.3 is 0 Å². The number of anilines is 1. The molecule has 0 aliphatic carbocycles. The van der Waals surface area contributed by atoms with Gasteiger partial charge in [0, 0.05) is 5.54 Å². The van der Waals surface area contributed by atoms with Gasteiger partial charge in [-0.15, -0.1) is 0 Å². The summed E-state index contributed by atoms with van der Waals surface area (Å²) in [6, 6.07) is 14.6. The van der Waals surface area contributed by atoms with Crippen molar-refractivity contribution >= 4 is 21.6 Å².